The van der Waals surface area contributed by atoms with Crippen LogP contribution in [0.5, 0.6) is 0 Å². The number of thiocyanates is 1. The first kappa shape index (κ1) is 17.3. The van der Waals surface area contributed by atoms with Gasteiger partial charge in [-0.2, -0.15) is 5.26 Å². The second-order valence-electron chi connectivity index (χ2n) is 4.59. The Bertz CT molecular complexity index is 785. The van der Waals surface area contributed by atoms with Crippen LogP contribution in [0.1, 0.15) is 5.56 Å². The molecule has 2 N–H and O–H groups in total. The van der Waals surface area contributed by atoms with Crippen molar-refractivity contribution in [3.8, 4) is 5.40 Å². The van der Waals surface area contributed by atoms with Crippen LogP contribution >= 0.6 is 34.4 Å². The monoisotopic (exact) mass is 437 g/mol. The standard InChI is InChI=1S/C16H12IN3O2S/c1-10-8-11(17)2-7-14(10)20-16(22)15(21)19-12-3-5-13(6-4-12)23-9-18/h2-8H,1H3,(H,19,21)(H,20,22). The largest absolute Gasteiger partial charge is 0.318 e. The van der Waals surface area contributed by atoms with Gasteiger partial charge in [0.1, 0.15) is 5.40 Å². The minimum atomic E-state index is -0.747. The van der Waals surface area contributed by atoms with Crippen LogP contribution in [0.25, 0.3) is 0 Å². The first-order valence-electron chi connectivity index (χ1n) is 6.54. The Hall–Kier alpha value is -2.05. The van der Waals surface area contributed by atoms with E-state index in [-0.39, 0.29) is 0 Å². The van der Waals surface area contributed by atoms with E-state index in [1.54, 1.807) is 30.3 Å². The minimum absolute atomic E-state index is 0.492. The molecular formula is C16H12IN3O2S. The Morgan fingerprint density at radius 1 is 1.09 bits per heavy atom. The molecule has 0 saturated heterocycles. The maximum Gasteiger partial charge on any atom is 0.314 e. The van der Waals surface area contributed by atoms with Crippen molar-refractivity contribution in [3.05, 3.63) is 51.6 Å². The summed E-state index contributed by atoms with van der Waals surface area (Å²) >= 11 is 3.21. The fraction of sp³-hybridized carbons (Fsp3) is 0.0625. The van der Waals surface area contributed by atoms with Gasteiger partial charge in [0.25, 0.3) is 0 Å². The Balaban J connectivity index is 1.99. The van der Waals surface area contributed by atoms with Crippen molar-refractivity contribution in [1.82, 2.24) is 0 Å². The molecule has 0 bridgehead atoms. The van der Waals surface area contributed by atoms with Crippen molar-refractivity contribution in [3.63, 3.8) is 0 Å². The number of nitrogens with one attached hydrogen (secondary N) is 2. The number of carbonyl (C=O) groups is 2. The third kappa shape index (κ3) is 4.97. The van der Waals surface area contributed by atoms with Crippen LogP contribution in [0.2, 0.25) is 0 Å². The first-order chi connectivity index (χ1) is 11.0. The summed E-state index contributed by atoms with van der Waals surface area (Å²) in [6.45, 7) is 1.86. The highest BCUT2D eigenvalue weighted by atomic mass is 127. The second-order valence-corrected chi connectivity index (χ2v) is 6.69. The van der Waals surface area contributed by atoms with Gasteiger partial charge in [-0.3, -0.25) is 9.59 Å². The van der Waals surface area contributed by atoms with Crippen molar-refractivity contribution in [2.45, 2.75) is 11.8 Å². The highest BCUT2D eigenvalue weighted by Gasteiger charge is 2.15. The summed E-state index contributed by atoms with van der Waals surface area (Å²) in [4.78, 5) is 24.6. The lowest BCUT2D eigenvalue weighted by Gasteiger charge is -2.09. The lowest BCUT2D eigenvalue weighted by Crippen LogP contribution is -2.29. The number of benzene rings is 2. The van der Waals surface area contributed by atoms with Gasteiger partial charge in [-0.05, 0) is 89.3 Å². The van der Waals surface area contributed by atoms with Gasteiger partial charge in [0, 0.05) is 19.8 Å². The van der Waals surface area contributed by atoms with Crippen molar-refractivity contribution in [2.75, 3.05) is 10.6 Å². The van der Waals surface area contributed by atoms with Gasteiger partial charge in [0.2, 0.25) is 0 Å². The summed E-state index contributed by atoms with van der Waals surface area (Å²) < 4.78 is 1.05. The number of thioether (sulfide) groups is 1. The van der Waals surface area contributed by atoms with E-state index in [0.717, 1.165) is 25.8 Å². The molecule has 0 aromatic heterocycles. The number of carbonyl (C=O) groups excluding carboxylic acids is 2. The SMILES string of the molecule is Cc1cc(I)ccc1NC(=O)C(=O)Nc1ccc(SC#N)cc1. The predicted molar refractivity (Wildman–Crippen MR) is 99.1 cm³/mol. The maximum absolute atomic E-state index is 12.0. The molecular weight excluding hydrogens is 425 g/mol. The Kier molecular flexibility index (Phi) is 6.01. The molecule has 2 amide bonds. The third-order valence-electron chi connectivity index (χ3n) is 2.92. The molecule has 0 saturated carbocycles. The van der Waals surface area contributed by atoms with Crippen molar-refractivity contribution < 1.29 is 9.59 Å². The molecule has 116 valence electrons. The van der Waals surface area contributed by atoms with Crippen LogP contribution in [0.4, 0.5) is 11.4 Å². The molecule has 23 heavy (non-hydrogen) atoms. The van der Waals surface area contributed by atoms with Gasteiger partial charge in [-0.25, -0.2) is 0 Å². The molecule has 0 unspecified atom stereocenters. The van der Waals surface area contributed by atoms with Gasteiger partial charge in [-0.15, -0.1) is 0 Å². The number of hydrogen-bond acceptors (Lipinski definition) is 4. The van der Waals surface area contributed by atoms with Gasteiger partial charge in [-0.1, -0.05) is 0 Å². The quantitative estimate of drug-likeness (QED) is 0.332. The fourth-order valence-corrected chi connectivity index (χ4v) is 2.82. The van der Waals surface area contributed by atoms with Crippen LogP contribution in [0.3, 0.4) is 0 Å². The number of amides is 2. The molecule has 7 heteroatoms. The zero-order chi connectivity index (χ0) is 16.8. The summed E-state index contributed by atoms with van der Waals surface area (Å²) in [5.74, 6) is -1.48. The van der Waals surface area contributed by atoms with Gasteiger partial charge < -0.3 is 10.6 Å². The number of hydrogen-bond donors (Lipinski definition) is 2. The zero-order valence-corrected chi connectivity index (χ0v) is 15.1. The highest BCUT2D eigenvalue weighted by Crippen LogP contribution is 2.20. The fourth-order valence-electron chi connectivity index (χ4n) is 1.79. The van der Waals surface area contributed by atoms with Gasteiger partial charge in [0.15, 0.2) is 0 Å². The molecule has 0 aliphatic heterocycles. The highest BCUT2D eigenvalue weighted by molar-refractivity contribution is 14.1. The molecule has 0 atom stereocenters. The number of rotatable bonds is 3. The van der Waals surface area contributed by atoms with Crippen molar-refractivity contribution in [2.24, 2.45) is 0 Å². The number of anilines is 2. The molecule has 2 aromatic rings. The lowest BCUT2D eigenvalue weighted by atomic mass is 10.2. The molecule has 0 heterocycles. The van der Waals surface area contributed by atoms with E-state index in [2.05, 4.69) is 33.2 Å². The summed E-state index contributed by atoms with van der Waals surface area (Å²) in [6.07, 6.45) is 0. The third-order valence-corrected chi connectivity index (χ3v) is 4.19. The van der Waals surface area contributed by atoms with Crippen LogP contribution in [0.15, 0.2) is 47.4 Å². The summed E-state index contributed by atoms with van der Waals surface area (Å²) in [7, 11) is 0. The molecule has 0 radical (unpaired) electrons. The molecule has 0 aliphatic carbocycles. The van der Waals surface area contributed by atoms with Crippen molar-refractivity contribution >= 4 is 57.5 Å². The molecule has 5 nitrogen and oxygen atoms in total. The van der Waals surface area contributed by atoms with Gasteiger partial charge in [0.05, 0.1) is 0 Å². The molecule has 2 rings (SSSR count). The average molecular weight is 437 g/mol. The summed E-state index contributed by atoms with van der Waals surface area (Å²) in [5.41, 5.74) is 1.98. The zero-order valence-electron chi connectivity index (χ0n) is 12.1. The van der Waals surface area contributed by atoms with Crippen LogP contribution in [-0.4, -0.2) is 11.8 Å². The van der Waals surface area contributed by atoms with Gasteiger partial charge >= 0.3 is 11.8 Å². The Morgan fingerprint density at radius 2 is 1.74 bits per heavy atom. The van der Waals surface area contributed by atoms with E-state index in [0.29, 0.717) is 11.4 Å². The smallest absolute Gasteiger partial charge is 0.314 e. The Labute approximate surface area is 151 Å². The minimum Gasteiger partial charge on any atom is -0.318 e. The van der Waals surface area contributed by atoms with E-state index in [4.69, 9.17) is 5.26 Å². The van der Waals surface area contributed by atoms with Crippen molar-refractivity contribution in [1.29, 1.82) is 5.26 Å². The molecule has 0 aliphatic rings. The molecule has 0 spiro atoms. The van der Waals surface area contributed by atoms with E-state index in [9.17, 15) is 9.59 Å². The molecule has 0 fully saturated rings. The van der Waals surface area contributed by atoms with Crippen LogP contribution in [0, 0.1) is 21.2 Å². The lowest BCUT2D eigenvalue weighted by molar-refractivity contribution is -0.133. The normalized spacial score (nSPS) is 9.78. The predicted octanol–water partition coefficient (Wildman–Crippen LogP) is 3.75. The van der Waals surface area contributed by atoms with E-state index in [1.165, 1.54) is 0 Å². The Morgan fingerprint density at radius 3 is 2.35 bits per heavy atom. The molecule has 2 aromatic carbocycles. The first-order valence-corrected chi connectivity index (χ1v) is 8.43. The summed E-state index contributed by atoms with van der Waals surface area (Å²) in [6, 6.07) is 12.2. The topological polar surface area (TPSA) is 82.0 Å². The van der Waals surface area contributed by atoms with E-state index < -0.39 is 11.8 Å². The number of nitrogens with zero attached hydrogens (tertiary/aromatic N) is 1. The summed E-state index contributed by atoms with van der Waals surface area (Å²) in [5, 5.41) is 15.6. The van der Waals surface area contributed by atoms with E-state index in [1.807, 2.05) is 24.5 Å². The van der Waals surface area contributed by atoms with Crippen LogP contribution < -0.4 is 10.6 Å². The number of aryl methyl sites for hydroxylation is 1. The number of nitriles is 1. The van der Waals surface area contributed by atoms with E-state index >= 15 is 0 Å². The maximum atomic E-state index is 12.0. The average Bonchev–Trinajstić information content (AvgIpc) is 2.52. The second kappa shape index (κ2) is 7.99. The van der Waals surface area contributed by atoms with Crippen LogP contribution in [-0.2, 0) is 9.59 Å². The number of halogens is 1.